The number of piperidine rings is 1. The number of carboxylic acids is 1. The Balaban J connectivity index is 2.15. The van der Waals surface area contributed by atoms with Crippen LogP contribution in [0.25, 0.3) is 0 Å². The van der Waals surface area contributed by atoms with Gasteiger partial charge in [-0.05, 0) is 38.3 Å². The Labute approximate surface area is 113 Å². The first-order valence-electron chi connectivity index (χ1n) is 6.67. The number of aliphatic carboxylic acids is 1. The number of nitrogens with zero attached hydrogens (tertiary/aromatic N) is 1. The third kappa shape index (κ3) is 3.34. The molecule has 1 amide bonds. The number of hydrogen-bond donors (Lipinski definition) is 1. The lowest BCUT2D eigenvalue weighted by molar-refractivity contribution is -0.138. The number of likely N-dealkylation sites (tertiary alicyclic amines) is 1. The monoisotopic (exact) mass is 261 g/mol. The van der Waals surface area contributed by atoms with Crippen LogP contribution in [0.1, 0.15) is 41.6 Å². The lowest BCUT2D eigenvalue weighted by Crippen LogP contribution is -2.44. The first-order chi connectivity index (χ1) is 9.08. The lowest BCUT2D eigenvalue weighted by Gasteiger charge is -2.35. The second-order valence-electron chi connectivity index (χ2n) is 5.11. The number of aryl methyl sites for hydroxylation is 1. The van der Waals surface area contributed by atoms with E-state index in [-0.39, 0.29) is 18.4 Å². The summed E-state index contributed by atoms with van der Waals surface area (Å²) in [5, 5.41) is 8.93. The minimum absolute atomic E-state index is 0.0393. The van der Waals surface area contributed by atoms with Crippen LogP contribution in [0.5, 0.6) is 0 Å². The smallest absolute Gasteiger partial charge is 0.305 e. The Hall–Kier alpha value is -1.84. The minimum atomic E-state index is -0.839. The molecule has 4 heteroatoms. The Morgan fingerprint density at radius 1 is 1.26 bits per heavy atom. The average molecular weight is 261 g/mol. The zero-order chi connectivity index (χ0) is 13.8. The standard InChI is InChI=1S/C15H19NO3/c1-11-5-7-12(8-6-11)15(19)16-9-3-2-4-13(16)10-14(17)18/h5-8,13H,2-4,9-10H2,1H3,(H,17,18). The van der Waals surface area contributed by atoms with Crippen molar-refractivity contribution in [2.45, 2.75) is 38.6 Å². The van der Waals surface area contributed by atoms with Crippen molar-refractivity contribution in [1.82, 2.24) is 4.90 Å². The van der Waals surface area contributed by atoms with Gasteiger partial charge in [-0.15, -0.1) is 0 Å². The first-order valence-corrected chi connectivity index (χ1v) is 6.67. The van der Waals surface area contributed by atoms with Crippen LogP contribution in [0.4, 0.5) is 0 Å². The average Bonchev–Trinajstić information content (AvgIpc) is 2.39. The van der Waals surface area contributed by atoms with E-state index >= 15 is 0 Å². The molecule has 1 heterocycles. The molecule has 0 aliphatic carbocycles. The highest BCUT2D eigenvalue weighted by molar-refractivity contribution is 5.94. The number of carboxylic acid groups (broad SMARTS) is 1. The molecule has 0 radical (unpaired) electrons. The van der Waals surface area contributed by atoms with Crippen molar-refractivity contribution in [3.8, 4) is 0 Å². The summed E-state index contributed by atoms with van der Waals surface area (Å²) < 4.78 is 0. The van der Waals surface area contributed by atoms with E-state index in [0.29, 0.717) is 12.1 Å². The number of carbonyl (C=O) groups excluding carboxylic acids is 1. The largest absolute Gasteiger partial charge is 0.481 e. The summed E-state index contributed by atoms with van der Waals surface area (Å²) in [6, 6.07) is 7.26. The first kappa shape index (κ1) is 13.6. The van der Waals surface area contributed by atoms with Crippen molar-refractivity contribution in [1.29, 1.82) is 0 Å². The molecule has 0 aromatic heterocycles. The third-order valence-electron chi connectivity index (χ3n) is 3.60. The van der Waals surface area contributed by atoms with Gasteiger partial charge in [0.05, 0.1) is 6.42 Å². The molecule has 1 saturated heterocycles. The van der Waals surface area contributed by atoms with Crippen LogP contribution in [0.2, 0.25) is 0 Å². The topological polar surface area (TPSA) is 57.6 Å². The van der Waals surface area contributed by atoms with E-state index in [9.17, 15) is 9.59 Å². The number of benzene rings is 1. The molecular weight excluding hydrogens is 242 g/mol. The van der Waals surface area contributed by atoms with Crippen molar-refractivity contribution in [2.24, 2.45) is 0 Å². The number of amides is 1. The summed E-state index contributed by atoms with van der Waals surface area (Å²) in [4.78, 5) is 25.0. The molecule has 19 heavy (non-hydrogen) atoms. The number of rotatable bonds is 3. The fourth-order valence-electron chi connectivity index (χ4n) is 2.54. The van der Waals surface area contributed by atoms with E-state index in [4.69, 9.17) is 5.11 Å². The fraction of sp³-hybridized carbons (Fsp3) is 0.467. The molecule has 0 spiro atoms. The Kier molecular flexibility index (Phi) is 4.20. The molecule has 1 N–H and O–H groups in total. The van der Waals surface area contributed by atoms with Gasteiger partial charge < -0.3 is 10.0 Å². The molecule has 0 bridgehead atoms. The summed E-state index contributed by atoms with van der Waals surface area (Å²) in [7, 11) is 0. The molecule has 1 aromatic rings. The van der Waals surface area contributed by atoms with Crippen LogP contribution in [-0.4, -0.2) is 34.5 Å². The fourth-order valence-corrected chi connectivity index (χ4v) is 2.54. The van der Waals surface area contributed by atoms with Gasteiger partial charge in [-0.25, -0.2) is 0 Å². The molecule has 1 fully saturated rings. The zero-order valence-electron chi connectivity index (χ0n) is 11.1. The second-order valence-corrected chi connectivity index (χ2v) is 5.11. The van der Waals surface area contributed by atoms with Gasteiger partial charge in [-0.2, -0.15) is 0 Å². The van der Waals surface area contributed by atoms with Gasteiger partial charge in [-0.3, -0.25) is 9.59 Å². The predicted molar refractivity (Wildman–Crippen MR) is 72.1 cm³/mol. The van der Waals surface area contributed by atoms with Crippen molar-refractivity contribution in [3.05, 3.63) is 35.4 Å². The minimum Gasteiger partial charge on any atom is -0.481 e. The predicted octanol–water partition coefficient (Wildman–Crippen LogP) is 2.46. The van der Waals surface area contributed by atoms with Gasteiger partial charge in [0.25, 0.3) is 5.91 Å². The molecule has 1 aliphatic heterocycles. The van der Waals surface area contributed by atoms with Crippen molar-refractivity contribution in [3.63, 3.8) is 0 Å². The van der Waals surface area contributed by atoms with Crippen LogP contribution in [-0.2, 0) is 4.79 Å². The molecule has 1 aliphatic rings. The Bertz CT molecular complexity index is 467. The van der Waals surface area contributed by atoms with E-state index in [0.717, 1.165) is 24.8 Å². The number of carbonyl (C=O) groups is 2. The SMILES string of the molecule is Cc1ccc(C(=O)N2CCCCC2CC(=O)O)cc1. The lowest BCUT2D eigenvalue weighted by atomic mass is 9.98. The number of hydrogen-bond acceptors (Lipinski definition) is 2. The van der Waals surface area contributed by atoms with E-state index < -0.39 is 5.97 Å². The highest BCUT2D eigenvalue weighted by Gasteiger charge is 2.28. The van der Waals surface area contributed by atoms with Gasteiger partial charge in [0, 0.05) is 18.2 Å². The third-order valence-corrected chi connectivity index (χ3v) is 3.60. The van der Waals surface area contributed by atoms with Crippen LogP contribution in [0.3, 0.4) is 0 Å². The van der Waals surface area contributed by atoms with E-state index in [1.165, 1.54) is 0 Å². The highest BCUT2D eigenvalue weighted by Crippen LogP contribution is 2.22. The molecule has 4 nitrogen and oxygen atoms in total. The maximum Gasteiger partial charge on any atom is 0.305 e. The molecule has 1 atom stereocenters. The van der Waals surface area contributed by atoms with E-state index in [1.54, 1.807) is 4.90 Å². The quantitative estimate of drug-likeness (QED) is 0.909. The second kappa shape index (κ2) is 5.87. The van der Waals surface area contributed by atoms with Crippen molar-refractivity contribution >= 4 is 11.9 Å². The molecule has 1 aromatic carbocycles. The van der Waals surface area contributed by atoms with Gasteiger partial charge in [0.1, 0.15) is 0 Å². The summed E-state index contributed by atoms with van der Waals surface area (Å²) >= 11 is 0. The molecular formula is C15H19NO3. The molecule has 102 valence electrons. The van der Waals surface area contributed by atoms with Gasteiger partial charge in [0.15, 0.2) is 0 Å². The van der Waals surface area contributed by atoms with Gasteiger partial charge >= 0.3 is 5.97 Å². The van der Waals surface area contributed by atoms with E-state index in [1.807, 2.05) is 31.2 Å². The van der Waals surface area contributed by atoms with Gasteiger partial charge in [-0.1, -0.05) is 17.7 Å². The Morgan fingerprint density at radius 3 is 2.58 bits per heavy atom. The van der Waals surface area contributed by atoms with Crippen molar-refractivity contribution < 1.29 is 14.7 Å². The molecule has 2 rings (SSSR count). The summed E-state index contributed by atoms with van der Waals surface area (Å²) in [6.45, 7) is 2.63. The van der Waals surface area contributed by atoms with Crippen LogP contribution < -0.4 is 0 Å². The van der Waals surface area contributed by atoms with Gasteiger partial charge in [0.2, 0.25) is 0 Å². The maximum atomic E-state index is 12.4. The highest BCUT2D eigenvalue weighted by atomic mass is 16.4. The van der Waals surface area contributed by atoms with Crippen LogP contribution >= 0.6 is 0 Å². The summed E-state index contributed by atoms with van der Waals surface area (Å²) in [6.07, 6.45) is 2.77. The van der Waals surface area contributed by atoms with Crippen LogP contribution in [0.15, 0.2) is 24.3 Å². The Morgan fingerprint density at radius 2 is 1.95 bits per heavy atom. The normalized spacial score (nSPS) is 19.2. The van der Waals surface area contributed by atoms with Crippen molar-refractivity contribution in [2.75, 3.05) is 6.54 Å². The zero-order valence-corrected chi connectivity index (χ0v) is 11.1. The maximum absolute atomic E-state index is 12.4. The van der Waals surface area contributed by atoms with Crippen LogP contribution in [0, 0.1) is 6.92 Å². The summed E-state index contributed by atoms with van der Waals surface area (Å²) in [5.74, 6) is -0.889. The molecule has 0 saturated carbocycles. The van der Waals surface area contributed by atoms with E-state index in [2.05, 4.69) is 0 Å². The summed E-state index contributed by atoms with van der Waals surface area (Å²) in [5.41, 5.74) is 1.75. The molecule has 1 unspecified atom stereocenters.